The summed E-state index contributed by atoms with van der Waals surface area (Å²) >= 11 is 10.6. The molecule has 0 saturated carbocycles. The second-order valence-corrected chi connectivity index (χ2v) is 10.2. The van der Waals surface area contributed by atoms with Gasteiger partial charge in [-0.1, -0.05) is 69.1 Å². The van der Waals surface area contributed by atoms with E-state index in [-0.39, 0.29) is 11.5 Å². The van der Waals surface area contributed by atoms with E-state index in [0.29, 0.717) is 27.8 Å². The molecule has 3 aromatic carbocycles. The lowest BCUT2D eigenvalue weighted by Gasteiger charge is -2.19. The summed E-state index contributed by atoms with van der Waals surface area (Å²) in [6.07, 6.45) is 0.478. The van der Waals surface area contributed by atoms with E-state index in [1.165, 1.54) is 16.7 Å². The number of amides is 2. The van der Waals surface area contributed by atoms with Crippen LogP contribution in [0.4, 0.5) is 11.4 Å². The van der Waals surface area contributed by atoms with Crippen molar-refractivity contribution in [3.63, 3.8) is 0 Å². The van der Waals surface area contributed by atoms with Gasteiger partial charge < -0.3 is 5.32 Å². The van der Waals surface area contributed by atoms with Gasteiger partial charge in [-0.25, -0.2) is 0 Å². The van der Waals surface area contributed by atoms with Crippen molar-refractivity contribution >= 4 is 62.5 Å². The first kappa shape index (κ1) is 24.1. The second-order valence-electron chi connectivity index (χ2n) is 7.70. The van der Waals surface area contributed by atoms with Gasteiger partial charge in [-0.2, -0.15) is 5.26 Å². The van der Waals surface area contributed by atoms with E-state index in [4.69, 9.17) is 11.6 Å². The molecule has 1 aliphatic rings. The molecule has 8 heteroatoms. The molecule has 0 spiro atoms. The Balaban J connectivity index is 1.72. The quantitative estimate of drug-likeness (QED) is 0.291. The van der Waals surface area contributed by atoms with Gasteiger partial charge in [0.1, 0.15) is 16.7 Å². The Kier molecular flexibility index (Phi) is 7.42. The maximum absolute atomic E-state index is 13.5. The predicted octanol–water partition coefficient (Wildman–Crippen LogP) is 6.48. The number of hydrogen-bond donors (Lipinski definition) is 1. The molecule has 0 aliphatic carbocycles. The van der Waals surface area contributed by atoms with Crippen LogP contribution in [0.25, 0.3) is 0 Å². The van der Waals surface area contributed by atoms with Gasteiger partial charge in [0.2, 0.25) is 5.91 Å². The van der Waals surface area contributed by atoms with Gasteiger partial charge in [0.05, 0.1) is 5.25 Å². The Morgan fingerprint density at radius 2 is 1.85 bits per heavy atom. The molecule has 2 amide bonds. The lowest BCUT2D eigenvalue weighted by atomic mass is 10.1. The van der Waals surface area contributed by atoms with Crippen LogP contribution >= 0.6 is 39.3 Å². The molecule has 1 N–H and O–H groups in total. The summed E-state index contributed by atoms with van der Waals surface area (Å²) in [5.41, 5.74) is 3.09. The molecule has 1 heterocycles. The molecule has 0 aromatic heterocycles. The standard InChI is InChI=1S/C26H19BrClN3O2S/c1-16-3-2-4-17(13-16)14-23-25(33)31(21-11-7-19(28)8-12-21)26(34-23)22(15-29)24(32)30-20-9-5-18(27)6-10-20/h2-13,23H,14H2,1H3,(H,30,32)/b26-22-. The average molecular weight is 553 g/mol. The van der Waals surface area contributed by atoms with Gasteiger partial charge >= 0.3 is 0 Å². The van der Waals surface area contributed by atoms with Crippen molar-refractivity contribution in [1.29, 1.82) is 5.26 Å². The number of anilines is 2. The Hall–Kier alpha value is -3.05. The first-order valence-electron chi connectivity index (χ1n) is 10.4. The highest BCUT2D eigenvalue weighted by atomic mass is 79.9. The molecule has 4 rings (SSSR count). The van der Waals surface area contributed by atoms with Gasteiger partial charge in [-0.3, -0.25) is 14.5 Å². The van der Waals surface area contributed by atoms with Gasteiger partial charge in [-0.15, -0.1) is 0 Å². The number of benzene rings is 3. The smallest absolute Gasteiger partial charge is 0.269 e. The highest BCUT2D eigenvalue weighted by molar-refractivity contribution is 9.10. The van der Waals surface area contributed by atoms with Crippen molar-refractivity contribution in [2.75, 3.05) is 10.2 Å². The number of carbonyl (C=O) groups is 2. The van der Waals surface area contributed by atoms with Gasteiger partial charge in [0, 0.05) is 20.9 Å². The molecule has 1 aliphatic heterocycles. The molecule has 1 atom stereocenters. The Morgan fingerprint density at radius 1 is 1.15 bits per heavy atom. The van der Waals surface area contributed by atoms with Crippen molar-refractivity contribution in [2.45, 2.75) is 18.6 Å². The van der Waals surface area contributed by atoms with Gasteiger partial charge in [0.15, 0.2) is 0 Å². The van der Waals surface area contributed by atoms with Crippen LogP contribution in [-0.4, -0.2) is 17.1 Å². The molecule has 34 heavy (non-hydrogen) atoms. The normalized spacial score (nSPS) is 16.8. The Labute approximate surface area is 215 Å². The number of nitrogens with zero attached hydrogens (tertiary/aromatic N) is 2. The summed E-state index contributed by atoms with van der Waals surface area (Å²) in [4.78, 5) is 28.1. The molecule has 170 valence electrons. The van der Waals surface area contributed by atoms with E-state index in [0.717, 1.165) is 15.6 Å². The fourth-order valence-electron chi connectivity index (χ4n) is 3.59. The maximum Gasteiger partial charge on any atom is 0.269 e. The number of nitriles is 1. The predicted molar refractivity (Wildman–Crippen MR) is 141 cm³/mol. The van der Waals surface area contributed by atoms with E-state index in [1.807, 2.05) is 37.3 Å². The second kappa shape index (κ2) is 10.5. The highest BCUT2D eigenvalue weighted by Gasteiger charge is 2.40. The molecule has 0 radical (unpaired) electrons. The molecule has 1 unspecified atom stereocenters. The summed E-state index contributed by atoms with van der Waals surface area (Å²) in [7, 11) is 0. The number of halogens is 2. The minimum Gasteiger partial charge on any atom is -0.321 e. The zero-order valence-corrected chi connectivity index (χ0v) is 21.2. The number of hydrogen-bond acceptors (Lipinski definition) is 4. The number of aryl methyl sites for hydroxylation is 1. The van der Waals surface area contributed by atoms with Gasteiger partial charge in [-0.05, 0) is 67.4 Å². The summed E-state index contributed by atoms with van der Waals surface area (Å²) in [6.45, 7) is 2.00. The van der Waals surface area contributed by atoms with Crippen LogP contribution in [0.15, 0.2) is 87.9 Å². The fraction of sp³-hybridized carbons (Fsp3) is 0.115. The summed E-state index contributed by atoms with van der Waals surface area (Å²) < 4.78 is 0.870. The van der Waals surface area contributed by atoms with E-state index in [9.17, 15) is 14.9 Å². The average Bonchev–Trinajstić information content (AvgIpc) is 3.12. The molecule has 3 aromatic rings. The molecule has 0 bridgehead atoms. The topological polar surface area (TPSA) is 73.2 Å². The Morgan fingerprint density at radius 3 is 2.50 bits per heavy atom. The zero-order chi connectivity index (χ0) is 24.2. The van der Waals surface area contributed by atoms with Crippen LogP contribution in [0, 0.1) is 18.3 Å². The zero-order valence-electron chi connectivity index (χ0n) is 18.1. The van der Waals surface area contributed by atoms with E-state index in [1.54, 1.807) is 48.5 Å². The third-order valence-electron chi connectivity index (χ3n) is 5.20. The minimum absolute atomic E-state index is 0.122. The molecule has 5 nitrogen and oxygen atoms in total. The first-order valence-corrected chi connectivity index (χ1v) is 12.4. The van der Waals surface area contributed by atoms with Crippen LogP contribution < -0.4 is 10.2 Å². The summed E-state index contributed by atoms with van der Waals surface area (Å²) in [5, 5.41) is 13.0. The SMILES string of the molecule is Cc1cccc(CC2S/C(=C(/C#N)C(=O)Nc3ccc(Br)cc3)N(c3ccc(Cl)cc3)C2=O)c1. The lowest BCUT2D eigenvalue weighted by molar-refractivity contribution is -0.117. The van der Waals surface area contributed by atoms with Crippen LogP contribution in [0.1, 0.15) is 11.1 Å². The monoisotopic (exact) mass is 551 g/mol. The van der Waals surface area contributed by atoms with Crippen molar-refractivity contribution < 1.29 is 9.59 Å². The third-order valence-corrected chi connectivity index (χ3v) is 7.24. The lowest BCUT2D eigenvalue weighted by Crippen LogP contribution is -2.30. The molecular formula is C26H19BrClN3O2S. The van der Waals surface area contributed by atoms with Crippen LogP contribution in [0.3, 0.4) is 0 Å². The third kappa shape index (κ3) is 5.36. The van der Waals surface area contributed by atoms with Crippen molar-refractivity contribution in [1.82, 2.24) is 0 Å². The number of thioether (sulfide) groups is 1. The van der Waals surface area contributed by atoms with Gasteiger partial charge in [0.25, 0.3) is 5.91 Å². The number of carbonyl (C=O) groups excluding carboxylic acids is 2. The van der Waals surface area contributed by atoms with Crippen molar-refractivity contribution in [3.05, 3.63) is 104 Å². The maximum atomic E-state index is 13.5. The van der Waals surface area contributed by atoms with Crippen molar-refractivity contribution in [2.24, 2.45) is 0 Å². The summed E-state index contributed by atoms with van der Waals surface area (Å²) in [6, 6.07) is 23.8. The number of nitrogens with one attached hydrogen (secondary N) is 1. The van der Waals surface area contributed by atoms with Crippen LogP contribution in [-0.2, 0) is 16.0 Å². The van der Waals surface area contributed by atoms with Crippen LogP contribution in [0.2, 0.25) is 5.02 Å². The molecular weight excluding hydrogens is 534 g/mol. The van der Waals surface area contributed by atoms with Crippen LogP contribution in [0.5, 0.6) is 0 Å². The van der Waals surface area contributed by atoms with E-state index < -0.39 is 11.2 Å². The minimum atomic E-state index is -0.574. The Bertz CT molecular complexity index is 1320. The largest absolute Gasteiger partial charge is 0.321 e. The van der Waals surface area contributed by atoms with E-state index >= 15 is 0 Å². The first-order chi connectivity index (χ1) is 16.4. The molecule has 1 fully saturated rings. The number of rotatable bonds is 5. The molecule has 1 saturated heterocycles. The van der Waals surface area contributed by atoms with E-state index in [2.05, 4.69) is 21.2 Å². The van der Waals surface area contributed by atoms with Crippen molar-refractivity contribution in [3.8, 4) is 6.07 Å². The highest BCUT2D eigenvalue weighted by Crippen LogP contribution is 2.42. The fourth-order valence-corrected chi connectivity index (χ4v) is 5.29. The summed E-state index contributed by atoms with van der Waals surface area (Å²) in [5.74, 6) is -0.761.